The lowest BCUT2D eigenvalue weighted by molar-refractivity contribution is 0.00710. The largest absolute Gasteiger partial charge is 0.456 e. The molecule has 0 saturated heterocycles. The Bertz CT molecular complexity index is 988. The molecule has 124 valence electrons. The summed E-state index contributed by atoms with van der Waals surface area (Å²) in [5, 5.41) is 0.470. The molecule has 24 heavy (non-hydrogen) atoms. The summed E-state index contributed by atoms with van der Waals surface area (Å²) in [7, 11) is 0. The topological polar surface area (TPSA) is 95.4 Å². The first-order valence-electron chi connectivity index (χ1n) is 7.21. The van der Waals surface area contributed by atoms with Crippen LogP contribution in [0.2, 0.25) is 5.02 Å². The van der Waals surface area contributed by atoms with Crippen LogP contribution in [0.3, 0.4) is 0 Å². The highest BCUT2D eigenvalue weighted by molar-refractivity contribution is 6.31. The predicted octanol–water partition coefficient (Wildman–Crippen LogP) is 3.48. The Hall–Kier alpha value is -2.60. The van der Waals surface area contributed by atoms with Crippen molar-refractivity contribution in [2.45, 2.75) is 26.4 Å². The Kier molecular flexibility index (Phi) is 3.72. The van der Waals surface area contributed by atoms with Crippen LogP contribution in [0.1, 0.15) is 31.1 Å². The SMILES string of the molecule is CC(C)(C)OC(=O)c1c2nc3ccc(Cl)cc3oc-2cc(=O)c1N. The van der Waals surface area contributed by atoms with Crippen LogP contribution in [-0.4, -0.2) is 16.6 Å². The summed E-state index contributed by atoms with van der Waals surface area (Å²) in [6.07, 6.45) is 0. The zero-order valence-electron chi connectivity index (χ0n) is 13.3. The quantitative estimate of drug-likeness (QED) is 0.411. The van der Waals surface area contributed by atoms with Crippen LogP contribution in [0, 0.1) is 0 Å². The molecule has 2 aliphatic rings. The van der Waals surface area contributed by atoms with E-state index in [0.29, 0.717) is 16.1 Å². The van der Waals surface area contributed by atoms with Crippen LogP contribution >= 0.6 is 11.6 Å². The molecule has 0 saturated carbocycles. The van der Waals surface area contributed by atoms with Crippen LogP contribution in [0.5, 0.6) is 0 Å². The zero-order valence-corrected chi connectivity index (χ0v) is 14.1. The van der Waals surface area contributed by atoms with Crippen molar-refractivity contribution in [3.05, 3.63) is 45.1 Å². The van der Waals surface area contributed by atoms with E-state index in [1.807, 2.05) is 0 Å². The monoisotopic (exact) mass is 346 g/mol. The normalized spacial score (nSPS) is 11.8. The average molecular weight is 347 g/mol. The van der Waals surface area contributed by atoms with Gasteiger partial charge in [-0.1, -0.05) is 11.6 Å². The summed E-state index contributed by atoms with van der Waals surface area (Å²) in [5.41, 5.74) is 5.30. The summed E-state index contributed by atoms with van der Waals surface area (Å²) >= 11 is 5.94. The van der Waals surface area contributed by atoms with Gasteiger partial charge < -0.3 is 14.9 Å². The molecule has 6 nitrogen and oxygen atoms in total. The molecule has 0 bridgehead atoms. The standard InChI is InChI=1S/C17H15ClN2O4/c1-17(2,3)24-16(22)13-14(19)10(21)7-12-15(13)20-9-5-4-8(18)6-11(9)23-12/h4-7H,19H2,1-3H3. The molecule has 0 atom stereocenters. The Labute approximate surface area is 142 Å². The minimum absolute atomic E-state index is 0.0898. The Morgan fingerprint density at radius 2 is 2.00 bits per heavy atom. The van der Waals surface area contributed by atoms with Gasteiger partial charge in [-0.25, -0.2) is 9.78 Å². The highest BCUT2D eigenvalue weighted by Crippen LogP contribution is 2.31. The number of nitrogen functional groups attached to an aromatic ring is 1. The molecule has 0 unspecified atom stereocenters. The van der Waals surface area contributed by atoms with Gasteiger partial charge in [-0.15, -0.1) is 0 Å². The number of nitrogens with zero attached hydrogens (tertiary/aromatic N) is 1. The molecule has 2 N–H and O–H groups in total. The number of rotatable bonds is 1. The minimum Gasteiger partial charge on any atom is -0.456 e. The van der Waals surface area contributed by atoms with Crippen molar-refractivity contribution in [2.24, 2.45) is 0 Å². The second-order valence-corrected chi connectivity index (χ2v) is 6.77. The lowest BCUT2D eigenvalue weighted by atomic mass is 10.1. The molecular formula is C17H15ClN2O4. The maximum Gasteiger partial charge on any atom is 0.343 e. The summed E-state index contributed by atoms with van der Waals surface area (Å²) in [4.78, 5) is 29.0. The number of fused-ring (bicyclic) bond motifs is 2. The summed E-state index contributed by atoms with van der Waals surface area (Å²) in [6.45, 7) is 5.17. The fourth-order valence-corrected chi connectivity index (χ4v) is 2.43. The number of aromatic nitrogens is 1. The van der Waals surface area contributed by atoms with Crippen molar-refractivity contribution < 1.29 is 13.9 Å². The van der Waals surface area contributed by atoms with Gasteiger partial charge in [-0.05, 0) is 32.9 Å². The fourth-order valence-electron chi connectivity index (χ4n) is 2.26. The van der Waals surface area contributed by atoms with E-state index >= 15 is 0 Å². The molecule has 1 aromatic carbocycles. The lowest BCUT2D eigenvalue weighted by Crippen LogP contribution is -2.27. The van der Waals surface area contributed by atoms with Crippen molar-refractivity contribution in [1.29, 1.82) is 0 Å². The zero-order chi connectivity index (χ0) is 17.6. The van der Waals surface area contributed by atoms with Gasteiger partial charge in [0.1, 0.15) is 22.4 Å². The van der Waals surface area contributed by atoms with Crippen molar-refractivity contribution in [2.75, 3.05) is 5.73 Å². The number of hydrogen-bond acceptors (Lipinski definition) is 6. The number of benzene rings is 2. The second-order valence-electron chi connectivity index (χ2n) is 6.34. The first-order chi connectivity index (χ1) is 11.2. The van der Waals surface area contributed by atoms with Gasteiger partial charge in [-0.3, -0.25) is 4.79 Å². The molecule has 0 radical (unpaired) electrons. The number of hydrogen-bond donors (Lipinski definition) is 1. The highest BCUT2D eigenvalue weighted by Gasteiger charge is 2.28. The van der Waals surface area contributed by atoms with Crippen molar-refractivity contribution in [3.8, 4) is 11.5 Å². The number of carbonyl (C=O) groups excluding carboxylic acids is 1. The number of anilines is 1. The number of nitrogens with two attached hydrogens (primary N) is 1. The third kappa shape index (κ3) is 2.92. The fraction of sp³-hybridized carbons (Fsp3) is 0.235. The molecule has 3 rings (SSSR count). The smallest absolute Gasteiger partial charge is 0.343 e. The molecule has 0 aromatic heterocycles. The summed E-state index contributed by atoms with van der Waals surface area (Å²) in [6, 6.07) is 6.08. The molecular weight excluding hydrogens is 332 g/mol. The molecule has 7 heteroatoms. The highest BCUT2D eigenvalue weighted by atomic mass is 35.5. The molecule has 0 amide bonds. The van der Waals surface area contributed by atoms with Gasteiger partial charge in [0.25, 0.3) is 0 Å². The minimum atomic E-state index is -0.740. The second kappa shape index (κ2) is 5.49. The van der Waals surface area contributed by atoms with Gasteiger partial charge in [0, 0.05) is 17.2 Å². The molecule has 0 fully saturated rings. The van der Waals surface area contributed by atoms with Crippen molar-refractivity contribution in [1.82, 2.24) is 4.98 Å². The van der Waals surface area contributed by atoms with E-state index in [1.54, 1.807) is 39.0 Å². The Morgan fingerprint density at radius 3 is 2.67 bits per heavy atom. The van der Waals surface area contributed by atoms with Gasteiger partial charge in [0.05, 0.1) is 5.69 Å². The average Bonchev–Trinajstić information content (AvgIpc) is 2.45. The van der Waals surface area contributed by atoms with E-state index in [-0.39, 0.29) is 22.7 Å². The van der Waals surface area contributed by atoms with E-state index < -0.39 is 17.0 Å². The van der Waals surface area contributed by atoms with E-state index in [4.69, 9.17) is 26.5 Å². The van der Waals surface area contributed by atoms with E-state index in [9.17, 15) is 9.59 Å². The summed E-state index contributed by atoms with van der Waals surface area (Å²) < 4.78 is 11.0. The maximum absolute atomic E-state index is 12.5. The number of esters is 1. The Balaban J connectivity index is 2.32. The summed E-state index contributed by atoms with van der Waals surface area (Å²) in [5.74, 6) is -0.580. The van der Waals surface area contributed by atoms with Crippen molar-refractivity contribution >= 4 is 34.4 Å². The maximum atomic E-state index is 12.5. The van der Waals surface area contributed by atoms with Gasteiger partial charge in [-0.2, -0.15) is 0 Å². The number of carbonyl (C=O) groups is 1. The van der Waals surface area contributed by atoms with E-state index in [1.165, 1.54) is 6.07 Å². The van der Waals surface area contributed by atoms with Crippen LogP contribution in [-0.2, 0) is 4.74 Å². The van der Waals surface area contributed by atoms with Crippen LogP contribution in [0.4, 0.5) is 5.69 Å². The van der Waals surface area contributed by atoms with Crippen LogP contribution < -0.4 is 11.2 Å². The van der Waals surface area contributed by atoms with Crippen LogP contribution in [0.25, 0.3) is 22.6 Å². The Morgan fingerprint density at radius 1 is 1.29 bits per heavy atom. The van der Waals surface area contributed by atoms with E-state index in [0.717, 1.165) is 0 Å². The third-order valence-corrected chi connectivity index (χ3v) is 3.48. The number of halogens is 1. The van der Waals surface area contributed by atoms with Gasteiger partial charge in [0.15, 0.2) is 11.3 Å². The molecule has 0 spiro atoms. The van der Waals surface area contributed by atoms with E-state index in [2.05, 4.69) is 4.98 Å². The first kappa shape index (κ1) is 16.3. The van der Waals surface area contributed by atoms with Crippen LogP contribution in [0.15, 0.2) is 33.5 Å². The van der Waals surface area contributed by atoms with Crippen molar-refractivity contribution in [3.63, 3.8) is 0 Å². The van der Waals surface area contributed by atoms with Gasteiger partial charge >= 0.3 is 5.97 Å². The molecule has 1 aliphatic carbocycles. The molecule has 1 aromatic rings. The predicted molar refractivity (Wildman–Crippen MR) is 91.5 cm³/mol. The third-order valence-electron chi connectivity index (χ3n) is 3.24. The molecule has 1 aliphatic heterocycles. The first-order valence-corrected chi connectivity index (χ1v) is 7.59. The lowest BCUT2D eigenvalue weighted by Gasteiger charge is -2.21. The molecule has 1 heterocycles. The number of ether oxygens (including phenoxy) is 1. The van der Waals surface area contributed by atoms with Gasteiger partial charge in [0.2, 0.25) is 5.43 Å².